The fourth-order valence-corrected chi connectivity index (χ4v) is 3.95. The van der Waals surface area contributed by atoms with E-state index in [1.54, 1.807) is 24.3 Å². The maximum absolute atomic E-state index is 13.9. The summed E-state index contributed by atoms with van der Waals surface area (Å²) in [6, 6.07) is 6.39. The lowest BCUT2D eigenvalue weighted by atomic mass is 9.97. The Morgan fingerprint density at radius 2 is 1.88 bits per heavy atom. The van der Waals surface area contributed by atoms with Gasteiger partial charge in [-0.05, 0) is 29.8 Å². The molecule has 168 valence electrons. The van der Waals surface area contributed by atoms with Crippen LogP contribution in [0.3, 0.4) is 0 Å². The van der Waals surface area contributed by atoms with E-state index in [1.807, 2.05) is 0 Å². The van der Waals surface area contributed by atoms with Crippen LogP contribution in [-0.2, 0) is 0 Å². The number of carbonyl (C=O) groups excluding carboxylic acids is 1. The van der Waals surface area contributed by atoms with E-state index in [0.29, 0.717) is 16.3 Å². The Balaban J connectivity index is 1.70. The second kappa shape index (κ2) is 8.36. The van der Waals surface area contributed by atoms with Crippen molar-refractivity contribution < 1.29 is 26.7 Å². The summed E-state index contributed by atoms with van der Waals surface area (Å²) in [6.45, 7) is 0. The highest BCUT2D eigenvalue weighted by Gasteiger charge is 2.47. The minimum Gasteiger partial charge on any atom is -0.362 e. The van der Waals surface area contributed by atoms with E-state index < -0.39 is 41.5 Å². The van der Waals surface area contributed by atoms with Crippen molar-refractivity contribution in [2.24, 2.45) is 0 Å². The molecule has 32 heavy (non-hydrogen) atoms. The number of rotatable bonds is 3. The Bertz CT molecular complexity index is 1180. The quantitative estimate of drug-likeness (QED) is 0.377. The fourth-order valence-electron chi connectivity index (χ4n) is 3.42. The highest BCUT2D eigenvalue weighted by molar-refractivity contribution is 9.10. The molecule has 0 saturated carbocycles. The number of carbonyl (C=O) groups is 1. The minimum absolute atomic E-state index is 0.183. The Kier molecular flexibility index (Phi) is 5.89. The van der Waals surface area contributed by atoms with Gasteiger partial charge in [0.1, 0.15) is 22.5 Å². The Morgan fingerprint density at radius 3 is 2.50 bits per heavy atom. The van der Waals surface area contributed by atoms with Crippen molar-refractivity contribution in [3.05, 3.63) is 74.9 Å². The molecule has 3 aromatic rings. The first-order valence-corrected chi connectivity index (χ1v) is 10.3. The van der Waals surface area contributed by atoms with Gasteiger partial charge in [0.05, 0.1) is 11.7 Å². The number of hydrogen-bond acceptors (Lipinski definition) is 3. The molecule has 1 aliphatic rings. The van der Waals surface area contributed by atoms with Gasteiger partial charge in [-0.1, -0.05) is 39.7 Å². The van der Waals surface area contributed by atoms with Crippen LogP contribution in [0.15, 0.2) is 46.9 Å². The maximum atomic E-state index is 13.9. The lowest BCUT2D eigenvalue weighted by Gasteiger charge is -2.33. The number of aromatic nitrogens is 2. The second-order valence-electron chi connectivity index (χ2n) is 7.08. The first kappa shape index (κ1) is 22.5. The number of halogens is 7. The van der Waals surface area contributed by atoms with E-state index in [2.05, 4.69) is 31.7 Å². The average Bonchev–Trinajstić information content (AvgIpc) is 3.06. The predicted molar refractivity (Wildman–Crippen MR) is 112 cm³/mol. The number of alkyl halides is 3. The molecular weight excluding hydrogens is 523 g/mol. The number of amides is 1. The molecule has 0 bridgehead atoms. The summed E-state index contributed by atoms with van der Waals surface area (Å²) in [5, 5.41) is 8.49. The average molecular weight is 536 g/mol. The summed E-state index contributed by atoms with van der Waals surface area (Å²) in [7, 11) is 0. The first-order valence-electron chi connectivity index (χ1n) is 9.17. The molecule has 2 heterocycles. The van der Waals surface area contributed by atoms with E-state index in [0.717, 1.165) is 16.6 Å². The Morgan fingerprint density at radius 1 is 1.19 bits per heavy atom. The predicted octanol–water partition coefficient (Wildman–Crippen LogP) is 6.49. The van der Waals surface area contributed by atoms with Crippen molar-refractivity contribution in [1.29, 1.82) is 0 Å². The number of anilines is 2. The molecule has 2 N–H and O–H groups in total. The molecule has 1 amide bonds. The summed E-state index contributed by atoms with van der Waals surface area (Å²) in [4.78, 5) is 12.6. The summed E-state index contributed by atoms with van der Waals surface area (Å²) in [5.41, 5.74) is -0.305. The molecule has 2 aromatic carbocycles. The summed E-state index contributed by atoms with van der Waals surface area (Å²) >= 11 is 9.50. The monoisotopic (exact) mass is 534 g/mol. The van der Waals surface area contributed by atoms with Gasteiger partial charge >= 0.3 is 6.18 Å². The number of hydrogen-bond donors (Lipinski definition) is 2. The van der Waals surface area contributed by atoms with Crippen molar-refractivity contribution in [2.45, 2.75) is 24.7 Å². The van der Waals surface area contributed by atoms with Crippen LogP contribution in [0, 0.1) is 11.6 Å². The lowest BCUT2D eigenvalue weighted by Crippen LogP contribution is -2.35. The molecule has 0 saturated heterocycles. The van der Waals surface area contributed by atoms with E-state index in [9.17, 15) is 26.7 Å². The lowest BCUT2D eigenvalue weighted by molar-refractivity contribution is -0.173. The normalized spacial score (nSPS) is 18.1. The summed E-state index contributed by atoms with van der Waals surface area (Å²) < 4.78 is 69.8. The molecule has 2 atom stereocenters. The molecule has 1 aromatic heterocycles. The molecule has 0 spiro atoms. The third-order valence-corrected chi connectivity index (χ3v) is 5.85. The molecule has 12 heteroatoms. The third kappa shape index (κ3) is 4.31. The Hall–Kier alpha value is -2.66. The van der Waals surface area contributed by atoms with Gasteiger partial charge in [0.25, 0.3) is 5.91 Å². The third-order valence-electron chi connectivity index (χ3n) is 4.96. The standard InChI is InChI=1S/C20H13BrClF5N4O/c21-10-3-1-9(2-4-10)14-8-15(20(25,26)27)31-18(28-14)16(22)17(30-31)19(32)29-13-6-5-11(23)7-12(13)24/h1-7,14-15,28H,8H2,(H,29,32)/t14-,15-/m1/s1. The molecule has 1 aliphatic heterocycles. The van der Waals surface area contributed by atoms with Crippen molar-refractivity contribution in [3.8, 4) is 0 Å². The number of benzene rings is 2. The van der Waals surface area contributed by atoms with Gasteiger partial charge in [-0.15, -0.1) is 0 Å². The zero-order chi connectivity index (χ0) is 23.2. The van der Waals surface area contributed by atoms with Crippen LogP contribution in [0.4, 0.5) is 33.5 Å². The van der Waals surface area contributed by atoms with Gasteiger partial charge in [-0.25, -0.2) is 13.5 Å². The number of nitrogens with zero attached hydrogens (tertiary/aromatic N) is 2. The van der Waals surface area contributed by atoms with Gasteiger partial charge < -0.3 is 10.6 Å². The van der Waals surface area contributed by atoms with E-state index in [-0.39, 0.29) is 22.9 Å². The van der Waals surface area contributed by atoms with E-state index in [1.165, 1.54) is 0 Å². The van der Waals surface area contributed by atoms with Crippen LogP contribution in [0.5, 0.6) is 0 Å². The molecule has 5 nitrogen and oxygen atoms in total. The van der Waals surface area contributed by atoms with Gasteiger partial charge in [-0.2, -0.15) is 18.3 Å². The topological polar surface area (TPSA) is 59.0 Å². The van der Waals surface area contributed by atoms with E-state index in [4.69, 9.17) is 11.6 Å². The highest BCUT2D eigenvalue weighted by atomic mass is 79.9. The van der Waals surface area contributed by atoms with Crippen LogP contribution in [-0.4, -0.2) is 21.9 Å². The molecule has 0 fully saturated rings. The highest BCUT2D eigenvalue weighted by Crippen LogP contribution is 2.46. The van der Waals surface area contributed by atoms with Crippen LogP contribution in [0.2, 0.25) is 5.02 Å². The fraction of sp³-hybridized carbons (Fsp3) is 0.200. The molecule has 4 rings (SSSR count). The second-order valence-corrected chi connectivity index (χ2v) is 8.37. The number of nitrogens with one attached hydrogen (secondary N) is 2. The van der Waals surface area contributed by atoms with Crippen molar-refractivity contribution >= 4 is 44.9 Å². The summed E-state index contributed by atoms with van der Waals surface area (Å²) in [5.74, 6) is -3.13. The van der Waals surface area contributed by atoms with Crippen LogP contribution in [0.1, 0.15) is 34.6 Å². The zero-order valence-electron chi connectivity index (χ0n) is 15.9. The molecule has 0 unspecified atom stereocenters. The van der Waals surface area contributed by atoms with Crippen molar-refractivity contribution in [2.75, 3.05) is 10.6 Å². The minimum atomic E-state index is -4.67. The number of fused-ring (bicyclic) bond motifs is 1. The Labute approximate surface area is 191 Å². The van der Waals surface area contributed by atoms with Crippen molar-refractivity contribution in [3.63, 3.8) is 0 Å². The smallest absolute Gasteiger partial charge is 0.362 e. The SMILES string of the molecule is O=C(Nc1ccc(F)cc1F)c1nn2c(c1Cl)N[C@@H](c1ccc(Br)cc1)C[C@@H]2C(F)(F)F. The van der Waals surface area contributed by atoms with Crippen LogP contribution < -0.4 is 10.6 Å². The van der Waals surface area contributed by atoms with Gasteiger partial charge in [-0.3, -0.25) is 4.79 Å². The van der Waals surface area contributed by atoms with Gasteiger partial charge in [0, 0.05) is 17.0 Å². The molecule has 0 aliphatic carbocycles. The molecule has 0 radical (unpaired) electrons. The summed E-state index contributed by atoms with van der Waals surface area (Å²) in [6.07, 6.45) is -5.06. The van der Waals surface area contributed by atoms with Crippen LogP contribution in [0.25, 0.3) is 0 Å². The zero-order valence-corrected chi connectivity index (χ0v) is 18.2. The van der Waals surface area contributed by atoms with E-state index >= 15 is 0 Å². The maximum Gasteiger partial charge on any atom is 0.410 e. The largest absolute Gasteiger partial charge is 0.410 e. The van der Waals surface area contributed by atoms with Crippen LogP contribution >= 0.6 is 27.5 Å². The molecular formula is C20H13BrClF5N4O. The van der Waals surface area contributed by atoms with Gasteiger partial charge in [0.2, 0.25) is 0 Å². The first-order chi connectivity index (χ1) is 15.0. The van der Waals surface area contributed by atoms with Crippen molar-refractivity contribution in [1.82, 2.24) is 9.78 Å². The van der Waals surface area contributed by atoms with Gasteiger partial charge in [0.15, 0.2) is 11.7 Å².